The van der Waals surface area contributed by atoms with Crippen molar-refractivity contribution in [3.8, 4) is 5.75 Å². The van der Waals surface area contributed by atoms with E-state index in [-0.39, 0.29) is 30.5 Å². The van der Waals surface area contributed by atoms with E-state index >= 15 is 0 Å². The van der Waals surface area contributed by atoms with Gasteiger partial charge in [-0.05, 0) is 74.6 Å². The van der Waals surface area contributed by atoms with Gasteiger partial charge >= 0.3 is 0 Å². The Bertz CT molecular complexity index is 969. The first kappa shape index (κ1) is 21.9. The largest absolute Gasteiger partial charge is 0.483 e. The molecule has 152 valence electrons. The van der Waals surface area contributed by atoms with E-state index in [1.165, 1.54) is 0 Å². The highest BCUT2D eigenvalue weighted by atomic mass is 32.2. The van der Waals surface area contributed by atoms with Gasteiger partial charge in [-0.2, -0.15) is 0 Å². The van der Waals surface area contributed by atoms with E-state index in [1.807, 2.05) is 46.8 Å². The second-order valence-electron chi connectivity index (χ2n) is 6.94. The molecule has 0 spiro atoms. The summed E-state index contributed by atoms with van der Waals surface area (Å²) in [6.07, 6.45) is 0. The molecule has 0 saturated carbocycles. The fraction of sp³-hybridized carbons (Fsp3) is 0.381. The number of hydrogen-bond acceptors (Lipinski definition) is 4. The maximum Gasteiger partial charge on any atom is 0.257 e. The first-order valence-electron chi connectivity index (χ1n) is 9.15. The van der Waals surface area contributed by atoms with Crippen molar-refractivity contribution < 1.29 is 17.9 Å². The quantitative estimate of drug-likeness (QED) is 0.663. The van der Waals surface area contributed by atoms with Crippen LogP contribution >= 0.6 is 0 Å². The van der Waals surface area contributed by atoms with Gasteiger partial charge in [0.15, 0.2) is 6.61 Å². The Hall–Kier alpha value is -2.38. The molecule has 7 heteroatoms. The molecule has 0 aliphatic carbocycles. The number of ether oxygens (including phenoxy) is 1. The molecule has 6 nitrogen and oxygen atoms in total. The van der Waals surface area contributed by atoms with Crippen molar-refractivity contribution in [1.82, 2.24) is 10.0 Å². The Balaban J connectivity index is 1.81. The van der Waals surface area contributed by atoms with Crippen LogP contribution in [0.1, 0.15) is 27.8 Å². The Morgan fingerprint density at radius 1 is 0.893 bits per heavy atom. The third kappa shape index (κ3) is 5.56. The molecule has 2 N–H and O–H groups in total. The molecule has 0 unspecified atom stereocenters. The molecule has 2 rings (SSSR count). The van der Waals surface area contributed by atoms with Crippen LogP contribution in [0.25, 0.3) is 0 Å². The van der Waals surface area contributed by atoms with Gasteiger partial charge in [0.1, 0.15) is 5.75 Å². The summed E-state index contributed by atoms with van der Waals surface area (Å²) in [7, 11) is -3.60. The van der Waals surface area contributed by atoms with Crippen molar-refractivity contribution in [3.05, 3.63) is 58.1 Å². The SMILES string of the molecule is Cc1ccc(S(=O)(=O)NCCNC(=O)COc2c(C)ccc(C)c2C)cc1C. The van der Waals surface area contributed by atoms with Gasteiger partial charge in [-0.3, -0.25) is 4.79 Å². The van der Waals surface area contributed by atoms with Gasteiger partial charge < -0.3 is 10.1 Å². The lowest BCUT2D eigenvalue weighted by Crippen LogP contribution is -2.36. The number of hydrogen-bond donors (Lipinski definition) is 2. The summed E-state index contributed by atoms with van der Waals surface area (Å²) in [6.45, 7) is 9.83. The van der Waals surface area contributed by atoms with E-state index in [0.29, 0.717) is 5.75 Å². The average Bonchev–Trinajstić information content (AvgIpc) is 2.64. The van der Waals surface area contributed by atoms with Crippen LogP contribution in [-0.2, 0) is 14.8 Å². The van der Waals surface area contributed by atoms with E-state index in [4.69, 9.17) is 4.74 Å². The van der Waals surface area contributed by atoms with Crippen molar-refractivity contribution in [1.29, 1.82) is 0 Å². The summed E-state index contributed by atoms with van der Waals surface area (Å²) in [6, 6.07) is 8.95. The van der Waals surface area contributed by atoms with E-state index in [0.717, 1.165) is 27.8 Å². The number of amides is 1. The second-order valence-corrected chi connectivity index (χ2v) is 8.70. The van der Waals surface area contributed by atoms with E-state index < -0.39 is 10.0 Å². The normalized spacial score (nSPS) is 11.3. The number of rotatable bonds is 8. The van der Waals surface area contributed by atoms with Gasteiger partial charge in [0.05, 0.1) is 4.90 Å². The van der Waals surface area contributed by atoms with Crippen molar-refractivity contribution in [2.45, 2.75) is 39.5 Å². The number of aryl methyl sites for hydroxylation is 4. The van der Waals surface area contributed by atoms with Crippen molar-refractivity contribution in [2.24, 2.45) is 0 Å². The molecule has 2 aromatic carbocycles. The topological polar surface area (TPSA) is 84.5 Å². The number of carbonyl (C=O) groups is 1. The molecule has 0 aromatic heterocycles. The number of benzene rings is 2. The van der Waals surface area contributed by atoms with Gasteiger partial charge in [0, 0.05) is 13.1 Å². The fourth-order valence-corrected chi connectivity index (χ4v) is 3.80. The fourth-order valence-electron chi connectivity index (χ4n) is 2.69. The van der Waals surface area contributed by atoms with Gasteiger partial charge in [-0.1, -0.05) is 18.2 Å². The number of nitrogens with one attached hydrogen (secondary N) is 2. The third-order valence-corrected chi connectivity index (χ3v) is 6.21. The zero-order valence-electron chi connectivity index (χ0n) is 17.0. The summed E-state index contributed by atoms with van der Waals surface area (Å²) in [4.78, 5) is 12.2. The minimum Gasteiger partial charge on any atom is -0.483 e. The standard InChI is InChI=1S/C21H28N2O4S/c1-14-8-9-19(12-17(14)4)28(25,26)23-11-10-22-20(24)13-27-21-16(3)7-6-15(2)18(21)5/h6-9,12,23H,10-11,13H2,1-5H3,(H,22,24). The van der Waals surface area contributed by atoms with Crippen LogP contribution in [0, 0.1) is 34.6 Å². The molecule has 28 heavy (non-hydrogen) atoms. The molecule has 0 radical (unpaired) electrons. The van der Waals surface area contributed by atoms with E-state index in [9.17, 15) is 13.2 Å². The molecule has 0 aliphatic heterocycles. The minimum absolute atomic E-state index is 0.101. The third-order valence-electron chi connectivity index (χ3n) is 4.75. The van der Waals surface area contributed by atoms with Crippen LogP contribution in [-0.4, -0.2) is 34.0 Å². The van der Waals surface area contributed by atoms with Crippen LogP contribution in [0.4, 0.5) is 0 Å². The Labute approximate surface area is 167 Å². The first-order valence-corrected chi connectivity index (χ1v) is 10.6. The molecule has 1 amide bonds. The molecular weight excluding hydrogens is 376 g/mol. The molecule has 2 aromatic rings. The van der Waals surface area contributed by atoms with Crippen LogP contribution in [0.2, 0.25) is 0 Å². The Morgan fingerprint density at radius 3 is 2.21 bits per heavy atom. The highest BCUT2D eigenvalue weighted by Crippen LogP contribution is 2.25. The maximum atomic E-state index is 12.3. The summed E-state index contributed by atoms with van der Waals surface area (Å²) < 4.78 is 32.8. The van der Waals surface area contributed by atoms with Gasteiger partial charge in [-0.25, -0.2) is 13.1 Å². The summed E-state index contributed by atoms with van der Waals surface area (Å²) in [5, 5.41) is 2.66. The Morgan fingerprint density at radius 2 is 1.54 bits per heavy atom. The average molecular weight is 405 g/mol. The predicted octanol–water partition coefficient (Wildman–Crippen LogP) is 2.70. The van der Waals surface area contributed by atoms with Crippen LogP contribution in [0.5, 0.6) is 5.75 Å². The zero-order chi connectivity index (χ0) is 20.9. The molecule has 0 fully saturated rings. The highest BCUT2D eigenvalue weighted by Gasteiger charge is 2.14. The molecule has 0 bridgehead atoms. The lowest BCUT2D eigenvalue weighted by atomic mass is 10.1. The first-order chi connectivity index (χ1) is 13.1. The van der Waals surface area contributed by atoms with Crippen LogP contribution < -0.4 is 14.8 Å². The Kier molecular flexibility index (Phi) is 7.21. The smallest absolute Gasteiger partial charge is 0.257 e. The maximum absolute atomic E-state index is 12.3. The molecule has 0 heterocycles. The number of sulfonamides is 1. The highest BCUT2D eigenvalue weighted by molar-refractivity contribution is 7.89. The summed E-state index contributed by atoms with van der Waals surface area (Å²) in [5.41, 5.74) is 5.02. The molecular formula is C21H28N2O4S. The summed E-state index contributed by atoms with van der Waals surface area (Å²) in [5.74, 6) is 0.413. The van der Waals surface area contributed by atoms with Crippen molar-refractivity contribution >= 4 is 15.9 Å². The van der Waals surface area contributed by atoms with Crippen molar-refractivity contribution in [2.75, 3.05) is 19.7 Å². The molecule has 0 saturated heterocycles. The number of carbonyl (C=O) groups excluding carboxylic acids is 1. The molecule has 0 atom stereocenters. The van der Waals surface area contributed by atoms with Crippen LogP contribution in [0.15, 0.2) is 35.2 Å². The van der Waals surface area contributed by atoms with Crippen LogP contribution in [0.3, 0.4) is 0 Å². The van der Waals surface area contributed by atoms with Gasteiger partial charge in [0.2, 0.25) is 10.0 Å². The van der Waals surface area contributed by atoms with Crippen molar-refractivity contribution in [3.63, 3.8) is 0 Å². The predicted molar refractivity (Wildman–Crippen MR) is 110 cm³/mol. The van der Waals surface area contributed by atoms with E-state index in [1.54, 1.807) is 18.2 Å². The lowest BCUT2D eigenvalue weighted by molar-refractivity contribution is -0.123. The lowest BCUT2D eigenvalue weighted by Gasteiger charge is -2.14. The van der Waals surface area contributed by atoms with Gasteiger partial charge in [-0.15, -0.1) is 0 Å². The molecule has 0 aliphatic rings. The monoisotopic (exact) mass is 404 g/mol. The van der Waals surface area contributed by atoms with E-state index in [2.05, 4.69) is 10.0 Å². The minimum atomic E-state index is -3.60. The summed E-state index contributed by atoms with van der Waals surface area (Å²) >= 11 is 0. The zero-order valence-corrected chi connectivity index (χ0v) is 17.9. The van der Waals surface area contributed by atoms with Gasteiger partial charge in [0.25, 0.3) is 5.91 Å². The second kappa shape index (κ2) is 9.21.